The number of allylic oxidation sites excluding steroid dienone is 1. The molecule has 0 radical (unpaired) electrons. The van der Waals surface area contributed by atoms with Crippen LogP contribution in [-0.4, -0.2) is 29.2 Å². The van der Waals surface area contributed by atoms with Crippen LogP contribution in [0.4, 0.5) is 0 Å². The zero-order chi connectivity index (χ0) is 12.6. The number of hydrogen-bond donors (Lipinski definition) is 1. The van der Waals surface area contributed by atoms with E-state index in [-0.39, 0.29) is 17.9 Å². The topological polar surface area (TPSA) is 93.8 Å². The molecule has 88 valence electrons. The summed E-state index contributed by atoms with van der Waals surface area (Å²) in [6.45, 7) is 1.57. The Morgan fingerprint density at radius 3 is 2.76 bits per heavy atom. The van der Waals surface area contributed by atoms with Crippen LogP contribution in [0.25, 0.3) is 0 Å². The van der Waals surface area contributed by atoms with Crippen LogP contribution >= 0.6 is 0 Å². The summed E-state index contributed by atoms with van der Waals surface area (Å²) in [6, 6.07) is 1.26. The molecule has 1 aliphatic rings. The summed E-state index contributed by atoms with van der Waals surface area (Å²) in [5.74, 6) is -3.86. The van der Waals surface area contributed by atoms with Crippen molar-refractivity contribution in [2.75, 3.05) is 6.61 Å². The number of ketones is 2. The normalized spacial score (nSPS) is 14.9. The molecule has 1 heterocycles. The van der Waals surface area contributed by atoms with Crippen molar-refractivity contribution in [2.45, 2.75) is 6.92 Å². The highest BCUT2D eigenvalue weighted by atomic mass is 16.5. The van der Waals surface area contributed by atoms with Crippen molar-refractivity contribution in [3.63, 3.8) is 0 Å². The summed E-state index contributed by atoms with van der Waals surface area (Å²) in [7, 11) is 0. The molecule has 0 bridgehead atoms. The fraction of sp³-hybridized carbons (Fsp3) is 0.182. The molecule has 0 saturated heterocycles. The Bertz CT molecular complexity index is 548. The van der Waals surface area contributed by atoms with Gasteiger partial charge in [-0.2, -0.15) is 0 Å². The molecule has 0 amide bonds. The highest BCUT2D eigenvalue weighted by Crippen LogP contribution is 2.26. The van der Waals surface area contributed by atoms with Gasteiger partial charge in [0.25, 0.3) is 0 Å². The van der Waals surface area contributed by atoms with Gasteiger partial charge in [0.2, 0.25) is 11.6 Å². The number of aliphatic hydroxyl groups is 1. The number of carbonyl (C=O) groups is 3. The van der Waals surface area contributed by atoms with Gasteiger partial charge in [0.15, 0.2) is 17.1 Å². The van der Waals surface area contributed by atoms with E-state index in [1.54, 1.807) is 6.92 Å². The van der Waals surface area contributed by atoms with Gasteiger partial charge in [0, 0.05) is 0 Å². The molecule has 17 heavy (non-hydrogen) atoms. The Morgan fingerprint density at radius 2 is 2.12 bits per heavy atom. The number of Topliss-reactive ketones (excluding diaryl/α,β-unsaturated/α-hetero) is 2. The molecule has 1 N–H and O–H groups in total. The van der Waals surface area contributed by atoms with E-state index in [2.05, 4.69) is 4.74 Å². The number of ether oxygens (including phenoxy) is 1. The first kappa shape index (κ1) is 11.1. The van der Waals surface area contributed by atoms with Crippen LogP contribution in [0.2, 0.25) is 0 Å². The molecular weight excluding hydrogens is 228 g/mol. The maximum atomic E-state index is 11.8. The van der Waals surface area contributed by atoms with E-state index >= 15 is 0 Å². The molecule has 0 fully saturated rings. The number of aliphatic hydroxyl groups excluding tert-OH is 1. The third-order valence-electron chi connectivity index (χ3n) is 2.27. The molecule has 1 aromatic rings. The number of esters is 1. The number of hydrogen-bond acceptors (Lipinski definition) is 6. The minimum atomic E-state index is -1.04. The van der Waals surface area contributed by atoms with Crippen LogP contribution in [0.1, 0.15) is 27.8 Å². The molecule has 0 spiro atoms. The van der Waals surface area contributed by atoms with Crippen LogP contribution in [0, 0.1) is 0 Å². The van der Waals surface area contributed by atoms with Gasteiger partial charge >= 0.3 is 5.97 Å². The molecule has 0 aromatic carbocycles. The lowest BCUT2D eigenvalue weighted by atomic mass is 9.94. The van der Waals surface area contributed by atoms with Crippen LogP contribution in [-0.2, 0) is 9.53 Å². The number of fused-ring (bicyclic) bond motifs is 1. The molecule has 0 saturated carbocycles. The van der Waals surface area contributed by atoms with Gasteiger partial charge in [-0.1, -0.05) is 0 Å². The molecule has 0 unspecified atom stereocenters. The second-order valence-electron chi connectivity index (χ2n) is 3.27. The van der Waals surface area contributed by atoms with Crippen LogP contribution in [0.5, 0.6) is 0 Å². The zero-order valence-electron chi connectivity index (χ0n) is 8.85. The van der Waals surface area contributed by atoms with E-state index < -0.39 is 28.9 Å². The first-order valence-electron chi connectivity index (χ1n) is 4.85. The summed E-state index contributed by atoms with van der Waals surface area (Å²) in [5, 5.41) is 9.54. The summed E-state index contributed by atoms with van der Waals surface area (Å²) >= 11 is 0. The second-order valence-corrected chi connectivity index (χ2v) is 3.27. The molecule has 1 aliphatic carbocycles. The standard InChI is InChI=1S/C11H8O6/c1-2-16-11(15)6-8(13)7(12)5-3-4-17-10(5)9(6)14/h3-4,13H,2H2,1H3. The molecular formula is C11H8O6. The lowest BCUT2D eigenvalue weighted by Crippen LogP contribution is -2.26. The van der Waals surface area contributed by atoms with Gasteiger partial charge in [-0.25, -0.2) is 4.79 Å². The quantitative estimate of drug-likeness (QED) is 0.608. The van der Waals surface area contributed by atoms with E-state index in [9.17, 15) is 19.5 Å². The van der Waals surface area contributed by atoms with Crippen molar-refractivity contribution in [3.8, 4) is 0 Å². The number of carbonyl (C=O) groups excluding carboxylic acids is 3. The van der Waals surface area contributed by atoms with E-state index in [4.69, 9.17) is 4.42 Å². The summed E-state index contributed by atoms with van der Waals surface area (Å²) < 4.78 is 9.41. The lowest BCUT2D eigenvalue weighted by Gasteiger charge is -2.12. The van der Waals surface area contributed by atoms with Crippen molar-refractivity contribution in [2.24, 2.45) is 0 Å². The lowest BCUT2D eigenvalue weighted by molar-refractivity contribution is -0.138. The van der Waals surface area contributed by atoms with Crippen LogP contribution in [0.3, 0.4) is 0 Å². The molecule has 0 aliphatic heterocycles. The van der Waals surface area contributed by atoms with Crippen molar-refractivity contribution >= 4 is 17.5 Å². The third-order valence-corrected chi connectivity index (χ3v) is 2.27. The van der Waals surface area contributed by atoms with E-state index in [1.165, 1.54) is 6.07 Å². The summed E-state index contributed by atoms with van der Waals surface area (Å²) in [6.07, 6.45) is 1.14. The molecule has 6 heteroatoms. The minimum Gasteiger partial charge on any atom is -0.503 e. The Morgan fingerprint density at radius 1 is 1.41 bits per heavy atom. The predicted octanol–water partition coefficient (Wildman–Crippen LogP) is 1.03. The average molecular weight is 236 g/mol. The fourth-order valence-corrected chi connectivity index (χ4v) is 1.52. The summed E-state index contributed by atoms with van der Waals surface area (Å²) in [4.78, 5) is 34.8. The third kappa shape index (κ3) is 1.54. The van der Waals surface area contributed by atoms with Crippen molar-refractivity contribution in [1.29, 1.82) is 0 Å². The maximum absolute atomic E-state index is 11.8. The first-order valence-corrected chi connectivity index (χ1v) is 4.85. The summed E-state index contributed by atoms with van der Waals surface area (Å²) in [5.41, 5.74) is -0.736. The number of rotatable bonds is 2. The molecule has 2 rings (SSSR count). The second kappa shape index (κ2) is 3.89. The van der Waals surface area contributed by atoms with Crippen LogP contribution < -0.4 is 0 Å². The fourth-order valence-electron chi connectivity index (χ4n) is 1.52. The number of furan rings is 1. The Kier molecular flexibility index (Phi) is 2.55. The first-order chi connectivity index (χ1) is 8.07. The Hall–Kier alpha value is -2.37. The molecule has 6 nitrogen and oxygen atoms in total. The van der Waals surface area contributed by atoms with Gasteiger partial charge in [-0.05, 0) is 13.0 Å². The Balaban J connectivity index is 2.53. The van der Waals surface area contributed by atoms with Gasteiger partial charge in [0.1, 0.15) is 0 Å². The van der Waals surface area contributed by atoms with E-state index in [1.807, 2.05) is 0 Å². The molecule has 1 aromatic heterocycles. The minimum absolute atomic E-state index is 0.0299. The van der Waals surface area contributed by atoms with Gasteiger partial charge in [-0.15, -0.1) is 0 Å². The zero-order valence-corrected chi connectivity index (χ0v) is 8.85. The van der Waals surface area contributed by atoms with Crippen LogP contribution in [0.15, 0.2) is 28.1 Å². The van der Waals surface area contributed by atoms with Gasteiger partial charge in [-0.3, -0.25) is 9.59 Å². The maximum Gasteiger partial charge on any atom is 0.346 e. The van der Waals surface area contributed by atoms with Crippen molar-refractivity contribution in [3.05, 3.63) is 35.0 Å². The Labute approximate surface area is 95.5 Å². The van der Waals surface area contributed by atoms with E-state index in [0.717, 1.165) is 6.26 Å². The van der Waals surface area contributed by atoms with Crippen molar-refractivity contribution < 1.29 is 28.6 Å². The highest BCUT2D eigenvalue weighted by Gasteiger charge is 2.39. The van der Waals surface area contributed by atoms with Crippen molar-refractivity contribution in [1.82, 2.24) is 0 Å². The smallest absolute Gasteiger partial charge is 0.346 e. The monoisotopic (exact) mass is 236 g/mol. The SMILES string of the molecule is CCOC(=O)C1=C(O)C(=O)c2ccoc2C1=O. The van der Waals surface area contributed by atoms with Gasteiger partial charge < -0.3 is 14.3 Å². The van der Waals surface area contributed by atoms with Gasteiger partial charge in [0.05, 0.1) is 18.4 Å². The largest absolute Gasteiger partial charge is 0.503 e. The molecule has 0 atom stereocenters. The average Bonchev–Trinajstić information content (AvgIpc) is 2.76. The van der Waals surface area contributed by atoms with E-state index in [0.29, 0.717) is 0 Å². The highest BCUT2D eigenvalue weighted by molar-refractivity contribution is 6.33. The predicted molar refractivity (Wildman–Crippen MR) is 53.7 cm³/mol.